The number of nitrogens with zero attached hydrogens (tertiary/aromatic N) is 5. The van der Waals surface area contributed by atoms with Gasteiger partial charge in [-0.05, 0) is 6.54 Å². The maximum absolute atomic E-state index is 12.4. The Morgan fingerprint density at radius 3 is 3.00 bits per heavy atom. The van der Waals surface area contributed by atoms with Gasteiger partial charge in [-0.2, -0.15) is 5.10 Å². The second kappa shape index (κ2) is 6.18. The molecule has 1 atom stereocenters. The van der Waals surface area contributed by atoms with Gasteiger partial charge in [0.05, 0.1) is 6.04 Å². The molecule has 1 saturated heterocycles. The number of aromatic nitrogens is 4. The summed E-state index contributed by atoms with van der Waals surface area (Å²) in [5, 5.41) is 7.01. The van der Waals surface area contributed by atoms with Gasteiger partial charge in [-0.3, -0.25) is 14.9 Å². The molecule has 2 N–H and O–H groups in total. The Bertz CT molecular complexity index is 621. The Morgan fingerprint density at radius 2 is 2.36 bits per heavy atom. The number of carbonyl (C=O) groups is 1. The molecule has 2 aromatic heterocycles. The monoisotopic (exact) mass is 303 g/mol. The van der Waals surface area contributed by atoms with Crippen molar-refractivity contribution in [1.82, 2.24) is 29.5 Å². The molecule has 3 heterocycles. The number of piperazine rings is 1. The molecule has 0 spiro atoms. The molecule has 0 bridgehead atoms. The lowest BCUT2D eigenvalue weighted by Gasteiger charge is -2.39. The van der Waals surface area contributed by atoms with Crippen LogP contribution in [0.3, 0.4) is 0 Å². The fourth-order valence-electron chi connectivity index (χ4n) is 2.77. The number of carbonyl (C=O) groups excluding carboxylic acids is 1. The number of aryl methyl sites for hydroxylation is 1. The zero-order valence-corrected chi connectivity index (χ0v) is 12.9. The number of hydrogen-bond donors (Lipinski definition) is 2. The number of H-pyrrole nitrogens is 1. The molecular weight excluding hydrogens is 282 g/mol. The van der Waals surface area contributed by atoms with E-state index < -0.39 is 0 Å². The van der Waals surface area contributed by atoms with Crippen LogP contribution < -0.4 is 5.32 Å². The second-order valence-corrected chi connectivity index (χ2v) is 5.37. The van der Waals surface area contributed by atoms with Gasteiger partial charge < -0.3 is 9.88 Å². The molecule has 0 aromatic carbocycles. The highest BCUT2D eigenvalue weighted by atomic mass is 16.2. The molecule has 0 aliphatic carbocycles. The SMILES string of the molecule is CCN1CCN(C(=O)Nc2ccn(C)n2)C[C@H]1c1ncc[nH]1. The fourth-order valence-corrected chi connectivity index (χ4v) is 2.77. The zero-order valence-electron chi connectivity index (χ0n) is 12.9. The van der Waals surface area contributed by atoms with Crippen molar-refractivity contribution in [2.24, 2.45) is 7.05 Å². The largest absolute Gasteiger partial charge is 0.347 e. The number of anilines is 1. The molecule has 2 amide bonds. The Kier molecular flexibility index (Phi) is 4.10. The van der Waals surface area contributed by atoms with E-state index in [9.17, 15) is 4.79 Å². The molecule has 8 nitrogen and oxygen atoms in total. The van der Waals surface area contributed by atoms with Crippen molar-refractivity contribution in [3.05, 3.63) is 30.5 Å². The third-order valence-electron chi connectivity index (χ3n) is 3.97. The average Bonchev–Trinajstić information content (AvgIpc) is 3.18. The maximum Gasteiger partial charge on any atom is 0.323 e. The van der Waals surface area contributed by atoms with E-state index in [1.54, 1.807) is 23.1 Å². The lowest BCUT2D eigenvalue weighted by Crippen LogP contribution is -2.51. The van der Waals surface area contributed by atoms with Crippen molar-refractivity contribution >= 4 is 11.8 Å². The molecule has 8 heteroatoms. The summed E-state index contributed by atoms with van der Waals surface area (Å²) in [4.78, 5) is 24.0. The van der Waals surface area contributed by atoms with Crippen LogP contribution in [0.1, 0.15) is 18.8 Å². The number of urea groups is 1. The van der Waals surface area contributed by atoms with Gasteiger partial charge in [0.1, 0.15) is 5.82 Å². The molecule has 1 aliphatic rings. The van der Waals surface area contributed by atoms with Gasteiger partial charge in [0, 0.05) is 51.3 Å². The van der Waals surface area contributed by atoms with E-state index in [-0.39, 0.29) is 12.1 Å². The predicted octanol–water partition coefficient (Wildman–Crippen LogP) is 1.05. The number of nitrogens with one attached hydrogen (secondary N) is 2. The predicted molar refractivity (Wildman–Crippen MR) is 82.4 cm³/mol. The molecule has 118 valence electrons. The van der Waals surface area contributed by atoms with Crippen LogP contribution in [-0.2, 0) is 7.05 Å². The first-order valence-corrected chi connectivity index (χ1v) is 7.46. The normalized spacial score (nSPS) is 19.4. The van der Waals surface area contributed by atoms with E-state index in [4.69, 9.17) is 0 Å². The smallest absolute Gasteiger partial charge is 0.323 e. The summed E-state index contributed by atoms with van der Waals surface area (Å²) >= 11 is 0. The number of rotatable bonds is 3. The van der Waals surface area contributed by atoms with Crippen molar-refractivity contribution in [2.75, 3.05) is 31.5 Å². The lowest BCUT2D eigenvalue weighted by atomic mass is 10.1. The topological polar surface area (TPSA) is 82.1 Å². The van der Waals surface area contributed by atoms with Gasteiger partial charge in [-0.1, -0.05) is 6.92 Å². The molecule has 1 aliphatic heterocycles. The summed E-state index contributed by atoms with van der Waals surface area (Å²) < 4.78 is 1.66. The van der Waals surface area contributed by atoms with E-state index in [1.165, 1.54) is 0 Å². The zero-order chi connectivity index (χ0) is 15.5. The highest BCUT2D eigenvalue weighted by Gasteiger charge is 2.31. The fraction of sp³-hybridized carbons (Fsp3) is 0.500. The number of amides is 2. The average molecular weight is 303 g/mol. The van der Waals surface area contributed by atoms with Crippen LogP contribution in [0.15, 0.2) is 24.7 Å². The van der Waals surface area contributed by atoms with Crippen LogP contribution in [0.25, 0.3) is 0 Å². The first-order chi connectivity index (χ1) is 10.7. The highest BCUT2D eigenvalue weighted by molar-refractivity contribution is 5.88. The number of hydrogen-bond acceptors (Lipinski definition) is 4. The highest BCUT2D eigenvalue weighted by Crippen LogP contribution is 2.22. The molecule has 22 heavy (non-hydrogen) atoms. The first-order valence-electron chi connectivity index (χ1n) is 7.46. The van der Waals surface area contributed by atoms with Gasteiger partial charge in [-0.25, -0.2) is 9.78 Å². The van der Waals surface area contributed by atoms with Gasteiger partial charge in [-0.15, -0.1) is 0 Å². The van der Waals surface area contributed by atoms with E-state index >= 15 is 0 Å². The van der Waals surface area contributed by atoms with E-state index in [0.717, 1.165) is 18.9 Å². The van der Waals surface area contributed by atoms with Crippen LogP contribution in [0.4, 0.5) is 10.6 Å². The third-order valence-corrected chi connectivity index (χ3v) is 3.97. The number of aromatic amines is 1. The summed E-state index contributed by atoms with van der Waals surface area (Å²) in [5.41, 5.74) is 0. The summed E-state index contributed by atoms with van der Waals surface area (Å²) in [7, 11) is 1.82. The van der Waals surface area contributed by atoms with Crippen molar-refractivity contribution in [3.63, 3.8) is 0 Å². The second-order valence-electron chi connectivity index (χ2n) is 5.37. The standard InChI is InChI=1S/C14H21N7O/c1-3-20-8-9-21(10-11(20)13-15-5-6-16-13)14(22)17-12-4-7-19(2)18-12/h4-7,11H,3,8-10H2,1-2H3,(H,15,16)(H,17,18,22)/t11-/m0/s1. The first kappa shape index (κ1) is 14.6. The Hall–Kier alpha value is -2.35. The van der Waals surface area contributed by atoms with Gasteiger partial charge in [0.2, 0.25) is 0 Å². The third kappa shape index (κ3) is 2.96. The summed E-state index contributed by atoms with van der Waals surface area (Å²) in [6, 6.07) is 1.76. The Labute approximate surface area is 129 Å². The summed E-state index contributed by atoms with van der Waals surface area (Å²) in [6.07, 6.45) is 5.36. The van der Waals surface area contributed by atoms with E-state index in [0.29, 0.717) is 18.9 Å². The van der Waals surface area contributed by atoms with Gasteiger partial charge in [0.25, 0.3) is 0 Å². The van der Waals surface area contributed by atoms with Gasteiger partial charge in [0.15, 0.2) is 5.82 Å². The van der Waals surface area contributed by atoms with Crippen molar-refractivity contribution in [2.45, 2.75) is 13.0 Å². The molecular formula is C14H21N7O. The Balaban J connectivity index is 1.68. The van der Waals surface area contributed by atoms with Crippen LogP contribution in [0.2, 0.25) is 0 Å². The molecule has 3 rings (SSSR count). The minimum absolute atomic E-state index is 0.100. The quantitative estimate of drug-likeness (QED) is 0.888. The van der Waals surface area contributed by atoms with Crippen molar-refractivity contribution < 1.29 is 4.79 Å². The van der Waals surface area contributed by atoms with Crippen LogP contribution >= 0.6 is 0 Å². The van der Waals surface area contributed by atoms with Crippen molar-refractivity contribution in [3.8, 4) is 0 Å². The molecule has 2 aromatic rings. The molecule has 0 radical (unpaired) electrons. The summed E-state index contributed by atoms with van der Waals surface area (Å²) in [6.45, 7) is 5.20. The van der Waals surface area contributed by atoms with Crippen molar-refractivity contribution in [1.29, 1.82) is 0 Å². The van der Waals surface area contributed by atoms with E-state index in [2.05, 4.69) is 32.2 Å². The lowest BCUT2D eigenvalue weighted by molar-refractivity contribution is 0.0946. The Morgan fingerprint density at radius 1 is 1.50 bits per heavy atom. The molecule has 1 fully saturated rings. The van der Waals surface area contributed by atoms with E-state index in [1.807, 2.05) is 18.1 Å². The molecule has 0 unspecified atom stereocenters. The minimum atomic E-state index is -0.119. The van der Waals surface area contributed by atoms with Crippen LogP contribution in [0.5, 0.6) is 0 Å². The molecule has 0 saturated carbocycles. The van der Waals surface area contributed by atoms with Gasteiger partial charge >= 0.3 is 6.03 Å². The summed E-state index contributed by atoms with van der Waals surface area (Å²) in [5.74, 6) is 1.47. The van der Waals surface area contributed by atoms with Crippen LogP contribution in [0, 0.1) is 0 Å². The maximum atomic E-state index is 12.4. The number of likely N-dealkylation sites (N-methyl/N-ethyl adjacent to an activating group) is 1. The van der Waals surface area contributed by atoms with Crippen LogP contribution in [-0.4, -0.2) is 61.8 Å². The minimum Gasteiger partial charge on any atom is -0.347 e. The number of imidazole rings is 1.